The number of nitrogens with one attached hydrogen (secondary N) is 2. The number of methoxy groups -OCH3 is 1. The van der Waals surface area contributed by atoms with Gasteiger partial charge in [0, 0.05) is 12.6 Å². The predicted octanol–water partition coefficient (Wildman–Crippen LogP) is 1.57. The van der Waals surface area contributed by atoms with Crippen molar-refractivity contribution in [2.45, 2.75) is 44.7 Å². The lowest BCUT2D eigenvalue weighted by molar-refractivity contribution is -0.142. The Bertz CT molecular complexity index is 1210. The predicted molar refractivity (Wildman–Crippen MR) is 126 cm³/mol. The fourth-order valence-electron chi connectivity index (χ4n) is 3.40. The van der Waals surface area contributed by atoms with Gasteiger partial charge in [-0.2, -0.15) is 5.09 Å². The number of aliphatic hydroxyl groups excluding tert-OH is 1. The second kappa shape index (κ2) is 11.6. The fraction of sp³-hybridized carbons (Fsp3) is 0.409. The molecule has 5 unspecified atom stereocenters. The van der Waals surface area contributed by atoms with E-state index < -0.39 is 49.4 Å². The van der Waals surface area contributed by atoms with Gasteiger partial charge in [0.25, 0.3) is 5.56 Å². The van der Waals surface area contributed by atoms with E-state index in [1.54, 1.807) is 43.3 Å². The smallest absolute Gasteiger partial charge is 0.459 e. The van der Waals surface area contributed by atoms with Crippen LogP contribution in [0.5, 0.6) is 5.75 Å². The molecule has 3 rings (SSSR count). The number of hydrogen-bond donors (Lipinski definition) is 3. The molecule has 0 amide bonds. The van der Waals surface area contributed by atoms with Crippen LogP contribution in [0.25, 0.3) is 6.08 Å². The van der Waals surface area contributed by atoms with Crippen LogP contribution >= 0.6 is 7.75 Å². The Morgan fingerprint density at radius 3 is 2.74 bits per heavy atom. The number of carbonyl (C=O) groups excluding carboxylic acids is 1. The third-order valence-electron chi connectivity index (χ3n) is 5.14. The first kappa shape index (κ1) is 26.6. The Labute approximate surface area is 201 Å². The minimum atomic E-state index is -4.14. The normalized spacial score (nSPS) is 22.6. The molecule has 1 aromatic carbocycles. The van der Waals surface area contributed by atoms with E-state index in [1.807, 2.05) is 0 Å². The van der Waals surface area contributed by atoms with Gasteiger partial charge in [0.05, 0.1) is 25.4 Å². The minimum absolute atomic E-state index is 0.0189. The second-order valence-corrected chi connectivity index (χ2v) is 9.45. The Hall–Kier alpha value is -3.02. The lowest BCUT2D eigenvalue weighted by Crippen LogP contribution is -2.36. The highest BCUT2D eigenvalue weighted by molar-refractivity contribution is 7.52. The van der Waals surface area contributed by atoms with Crippen LogP contribution in [-0.4, -0.2) is 52.6 Å². The van der Waals surface area contributed by atoms with Crippen molar-refractivity contribution in [3.63, 3.8) is 0 Å². The molecule has 12 nitrogen and oxygen atoms in total. The van der Waals surface area contributed by atoms with Crippen molar-refractivity contribution in [2.75, 3.05) is 13.7 Å². The molecule has 5 atom stereocenters. The van der Waals surface area contributed by atoms with Gasteiger partial charge < -0.3 is 19.1 Å². The number of benzene rings is 1. The summed E-state index contributed by atoms with van der Waals surface area (Å²) in [6.07, 6.45) is 1.58. The Kier molecular flexibility index (Phi) is 8.82. The lowest BCUT2D eigenvalue weighted by atomic mass is 10.2. The molecule has 1 aliphatic heterocycles. The zero-order valence-electron chi connectivity index (χ0n) is 19.5. The number of H-pyrrole nitrogens is 1. The molecule has 1 aromatic heterocycles. The van der Waals surface area contributed by atoms with Crippen molar-refractivity contribution in [3.8, 4) is 5.75 Å². The summed E-state index contributed by atoms with van der Waals surface area (Å²) in [6, 6.07) is 7.17. The number of aliphatic hydroxyl groups is 1. The maximum atomic E-state index is 13.4. The Morgan fingerprint density at radius 2 is 2.09 bits per heavy atom. The van der Waals surface area contributed by atoms with Gasteiger partial charge in [0.1, 0.15) is 24.1 Å². The molecule has 0 radical (unpaired) electrons. The van der Waals surface area contributed by atoms with E-state index in [-0.39, 0.29) is 24.3 Å². The van der Waals surface area contributed by atoms with E-state index in [0.717, 1.165) is 4.57 Å². The molecule has 13 heteroatoms. The molecule has 3 N–H and O–H groups in total. The Balaban J connectivity index is 1.75. The van der Waals surface area contributed by atoms with Crippen LogP contribution < -0.4 is 20.9 Å². The molecule has 0 bridgehead atoms. The van der Waals surface area contributed by atoms with Crippen LogP contribution in [0.15, 0.2) is 52.2 Å². The molecule has 190 valence electrons. The summed E-state index contributed by atoms with van der Waals surface area (Å²) in [4.78, 5) is 38.3. The average molecular weight is 509 g/mol. The molecular formula is C22H28N3O9P. The van der Waals surface area contributed by atoms with Crippen LogP contribution in [0.3, 0.4) is 0 Å². The number of esters is 1. The average Bonchev–Trinajstić information content (AvgIpc) is 3.19. The van der Waals surface area contributed by atoms with Crippen molar-refractivity contribution >= 4 is 19.8 Å². The Morgan fingerprint density at radius 1 is 1.37 bits per heavy atom. The van der Waals surface area contributed by atoms with E-state index >= 15 is 0 Å². The fourth-order valence-corrected chi connectivity index (χ4v) is 4.90. The number of ether oxygens (including phenoxy) is 2. The SMILES string of the molecule is C/C=C/c1cn(C2CC(O)C(COP(=O)(NC(C)C(=O)OC)Oc3ccccc3)O2)c(=O)[nH]c1=O. The minimum Gasteiger partial charge on any atom is -0.468 e. The van der Waals surface area contributed by atoms with Gasteiger partial charge in [0.15, 0.2) is 0 Å². The van der Waals surface area contributed by atoms with Gasteiger partial charge in [-0.3, -0.25) is 23.7 Å². The number of allylic oxidation sites excluding steroid dienone is 1. The van der Waals surface area contributed by atoms with E-state index in [2.05, 4.69) is 14.8 Å². The second-order valence-electron chi connectivity index (χ2n) is 7.75. The van der Waals surface area contributed by atoms with Crippen molar-refractivity contribution < 1.29 is 33.0 Å². The maximum absolute atomic E-state index is 13.4. The number of hydrogen-bond acceptors (Lipinski definition) is 9. The first-order valence-corrected chi connectivity index (χ1v) is 12.4. The highest BCUT2D eigenvalue weighted by Crippen LogP contribution is 2.45. The summed E-state index contributed by atoms with van der Waals surface area (Å²) in [5.41, 5.74) is -1.01. The summed E-state index contributed by atoms with van der Waals surface area (Å²) >= 11 is 0. The zero-order chi connectivity index (χ0) is 25.6. The monoisotopic (exact) mass is 509 g/mol. The zero-order valence-corrected chi connectivity index (χ0v) is 20.3. The summed E-state index contributed by atoms with van der Waals surface area (Å²) in [5.74, 6) is -0.459. The van der Waals surface area contributed by atoms with Gasteiger partial charge in [-0.15, -0.1) is 0 Å². The largest absolute Gasteiger partial charge is 0.468 e. The number of carbonyl (C=O) groups is 1. The van der Waals surface area contributed by atoms with E-state index in [0.29, 0.717) is 0 Å². The number of aromatic amines is 1. The molecule has 1 aliphatic rings. The van der Waals surface area contributed by atoms with Crippen LogP contribution in [0.4, 0.5) is 0 Å². The standard InChI is InChI=1S/C22H28N3O9P/c1-4-8-15-12-25(22(29)23-20(15)27)19-11-17(26)18(33-19)13-32-35(30,24-14(2)21(28)31-3)34-16-9-6-5-7-10-16/h4-10,12,14,17-19,26H,11,13H2,1-3H3,(H,24,30)(H,23,27,29)/b8-4+. The van der Waals surface area contributed by atoms with Gasteiger partial charge >= 0.3 is 19.4 Å². The van der Waals surface area contributed by atoms with Crippen molar-refractivity contribution in [1.82, 2.24) is 14.6 Å². The topological polar surface area (TPSA) is 158 Å². The first-order chi connectivity index (χ1) is 16.7. The number of para-hydroxylation sites is 1. The third kappa shape index (κ3) is 6.77. The molecule has 1 saturated heterocycles. The number of rotatable bonds is 10. The van der Waals surface area contributed by atoms with Gasteiger partial charge in [-0.1, -0.05) is 30.4 Å². The number of nitrogens with zero attached hydrogens (tertiary/aromatic N) is 1. The van der Waals surface area contributed by atoms with Crippen molar-refractivity contribution in [2.24, 2.45) is 0 Å². The third-order valence-corrected chi connectivity index (χ3v) is 6.78. The van der Waals surface area contributed by atoms with Gasteiger partial charge in [0.2, 0.25) is 0 Å². The summed E-state index contributed by atoms with van der Waals surface area (Å²) in [6.45, 7) is 2.77. The molecular weight excluding hydrogens is 481 g/mol. The molecule has 35 heavy (non-hydrogen) atoms. The maximum Gasteiger partial charge on any atom is 0.459 e. The van der Waals surface area contributed by atoms with Crippen LogP contribution in [0.2, 0.25) is 0 Å². The highest BCUT2D eigenvalue weighted by atomic mass is 31.2. The van der Waals surface area contributed by atoms with E-state index in [4.69, 9.17) is 13.8 Å². The lowest BCUT2D eigenvalue weighted by Gasteiger charge is -2.24. The summed E-state index contributed by atoms with van der Waals surface area (Å²) < 4.78 is 36.1. The van der Waals surface area contributed by atoms with Crippen LogP contribution in [0.1, 0.15) is 32.1 Å². The molecule has 0 aliphatic carbocycles. The van der Waals surface area contributed by atoms with E-state index in [1.165, 1.54) is 26.3 Å². The van der Waals surface area contributed by atoms with E-state index in [9.17, 15) is 24.1 Å². The van der Waals surface area contributed by atoms with Crippen LogP contribution in [0, 0.1) is 0 Å². The quantitative estimate of drug-likeness (QED) is 0.317. The molecule has 2 heterocycles. The van der Waals surface area contributed by atoms with Crippen molar-refractivity contribution in [3.05, 3.63) is 69.0 Å². The molecule has 2 aromatic rings. The van der Waals surface area contributed by atoms with Crippen molar-refractivity contribution in [1.29, 1.82) is 0 Å². The summed E-state index contributed by atoms with van der Waals surface area (Å²) in [7, 11) is -2.95. The van der Waals surface area contributed by atoms with Crippen LogP contribution in [-0.2, 0) is 23.4 Å². The number of aromatic nitrogens is 2. The molecule has 1 fully saturated rings. The highest BCUT2D eigenvalue weighted by Gasteiger charge is 2.39. The summed E-state index contributed by atoms with van der Waals surface area (Å²) in [5, 5.41) is 13.0. The first-order valence-electron chi connectivity index (χ1n) is 10.8. The van der Waals surface area contributed by atoms with Gasteiger partial charge in [-0.05, 0) is 26.0 Å². The molecule has 0 saturated carbocycles. The van der Waals surface area contributed by atoms with Gasteiger partial charge in [-0.25, -0.2) is 9.36 Å². The molecule has 0 spiro atoms.